The van der Waals surface area contributed by atoms with Crippen molar-refractivity contribution >= 4 is 21.8 Å². The molecule has 1 N–H and O–H groups in total. The van der Waals surface area contributed by atoms with Crippen molar-refractivity contribution in [2.75, 3.05) is 6.54 Å². The molecule has 0 bridgehead atoms. The summed E-state index contributed by atoms with van der Waals surface area (Å²) in [5, 5.41) is 0. The minimum Gasteiger partial charge on any atom is -0.454 e. The fraction of sp³-hybridized carbons (Fsp3) is 0.333. The Balaban J connectivity index is 1.85. The molecule has 2 rings (SSSR count). The van der Waals surface area contributed by atoms with Gasteiger partial charge in [-0.1, -0.05) is 26.0 Å². The zero-order valence-electron chi connectivity index (χ0n) is 16.5. The third-order valence-electron chi connectivity index (χ3n) is 4.28. The molecule has 0 radical (unpaired) electrons. The van der Waals surface area contributed by atoms with Gasteiger partial charge < -0.3 is 4.74 Å². The van der Waals surface area contributed by atoms with E-state index in [1.54, 1.807) is 12.1 Å². The number of carbonyl (C=O) groups excluding carboxylic acids is 2. The van der Waals surface area contributed by atoms with Crippen LogP contribution in [0.15, 0.2) is 53.4 Å². The summed E-state index contributed by atoms with van der Waals surface area (Å²) < 4.78 is 44.9. The Labute approximate surface area is 170 Å². The van der Waals surface area contributed by atoms with Crippen LogP contribution in [0.5, 0.6) is 0 Å². The molecule has 0 aliphatic rings. The molecule has 8 heteroatoms. The predicted molar refractivity (Wildman–Crippen MR) is 107 cm³/mol. The van der Waals surface area contributed by atoms with E-state index in [4.69, 9.17) is 4.74 Å². The van der Waals surface area contributed by atoms with Gasteiger partial charge >= 0.3 is 5.97 Å². The van der Waals surface area contributed by atoms with Crippen molar-refractivity contribution in [1.82, 2.24) is 4.72 Å². The first kappa shape index (κ1) is 22.7. The summed E-state index contributed by atoms with van der Waals surface area (Å²) in [6.45, 7) is 5.26. The van der Waals surface area contributed by atoms with Crippen LogP contribution in [0.3, 0.4) is 0 Å². The van der Waals surface area contributed by atoms with Crippen molar-refractivity contribution in [3.05, 3.63) is 65.5 Å². The van der Waals surface area contributed by atoms with Crippen LogP contribution in [0.1, 0.15) is 49.0 Å². The van der Waals surface area contributed by atoms with Crippen molar-refractivity contribution in [2.24, 2.45) is 0 Å². The van der Waals surface area contributed by atoms with Crippen LogP contribution >= 0.6 is 0 Å². The molecule has 0 spiro atoms. The first-order chi connectivity index (χ1) is 13.6. The number of esters is 1. The monoisotopic (exact) mass is 421 g/mol. The Bertz CT molecular complexity index is 954. The molecule has 0 saturated carbocycles. The van der Waals surface area contributed by atoms with Crippen molar-refractivity contribution in [3.63, 3.8) is 0 Å². The molecule has 1 atom stereocenters. The summed E-state index contributed by atoms with van der Waals surface area (Å²) in [5.74, 6) is -1.37. The average molecular weight is 421 g/mol. The summed E-state index contributed by atoms with van der Waals surface area (Å²) in [7, 11) is -3.75. The predicted octanol–water partition coefficient (Wildman–Crippen LogP) is 3.43. The van der Waals surface area contributed by atoms with E-state index in [9.17, 15) is 22.4 Å². The Kier molecular flexibility index (Phi) is 7.64. The molecule has 0 saturated heterocycles. The smallest absolute Gasteiger partial charge is 0.307 e. The number of hydrogen-bond donors (Lipinski definition) is 1. The minimum absolute atomic E-state index is 0.107. The summed E-state index contributed by atoms with van der Waals surface area (Å²) in [5.41, 5.74) is 1.24. The Hall–Kier alpha value is -2.58. The molecule has 2 aromatic rings. The lowest BCUT2D eigenvalue weighted by atomic mass is 10.0. The maximum Gasteiger partial charge on any atom is 0.307 e. The molecule has 0 amide bonds. The topological polar surface area (TPSA) is 89.5 Å². The van der Waals surface area contributed by atoms with E-state index in [1.807, 2.05) is 13.8 Å². The van der Waals surface area contributed by atoms with Gasteiger partial charge in [0.05, 0.1) is 11.3 Å². The molecule has 0 aliphatic heterocycles. The largest absolute Gasteiger partial charge is 0.454 e. The quantitative estimate of drug-likeness (QED) is 0.495. The van der Waals surface area contributed by atoms with Crippen LogP contribution in [0.2, 0.25) is 0 Å². The van der Waals surface area contributed by atoms with E-state index < -0.39 is 33.7 Å². The van der Waals surface area contributed by atoms with E-state index in [2.05, 4.69) is 4.72 Å². The fourth-order valence-corrected chi connectivity index (χ4v) is 3.59. The van der Waals surface area contributed by atoms with Crippen LogP contribution in [-0.4, -0.2) is 32.8 Å². The standard InChI is InChI=1S/C21H24FNO5S/c1-14(2)16-6-10-19(11-7-16)29(26,27)23-13-12-20(24)28-15(3)21(25)17-4-8-18(22)9-5-17/h4-11,14-15,23H,12-13H2,1-3H3/t15-/m1/s1. The molecule has 0 aliphatic carbocycles. The molecular formula is C21H24FNO5S. The Morgan fingerprint density at radius 2 is 1.59 bits per heavy atom. The number of ether oxygens (including phenoxy) is 1. The maximum absolute atomic E-state index is 12.9. The molecule has 2 aromatic carbocycles. The van der Waals surface area contributed by atoms with Gasteiger partial charge in [0.15, 0.2) is 6.10 Å². The molecule has 0 aromatic heterocycles. The summed E-state index contributed by atoms with van der Waals surface area (Å²) in [6, 6.07) is 11.4. The van der Waals surface area contributed by atoms with Gasteiger partial charge in [0.25, 0.3) is 0 Å². The third-order valence-corrected chi connectivity index (χ3v) is 5.76. The molecular weight excluding hydrogens is 397 g/mol. The zero-order valence-corrected chi connectivity index (χ0v) is 17.3. The lowest BCUT2D eigenvalue weighted by Crippen LogP contribution is -2.29. The summed E-state index contributed by atoms with van der Waals surface area (Å²) in [6.07, 6.45) is -1.29. The van der Waals surface area contributed by atoms with Gasteiger partial charge in [-0.05, 0) is 54.8 Å². The van der Waals surface area contributed by atoms with Crippen LogP contribution in [0, 0.1) is 5.82 Å². The van der Waals surface area contributed by atoms with E-state index >= 15 is 0 Å². The van der Waals surface area contributed by atoms with Gasteiger partial charge in [0.2, 0.25) is 15.8 Å². The fourth-order valence-electron chi connectivity index (χ4n) is 2.56. The number of benzene rings is 2. The normalized spacial score (nSPS) is 12.6. The van der Waals surface area contributed by atoms with E-state index in [-0.39, 0.29) is 29.3 Å². The molecule has 6 nitrogen and oxygen atoms in total. The summed E-state index contributed by atoms with van der Waals surface area (Å²) in [4.78, 5) is 24.2. The average Bonchev–Trinajstić information content (AvgIpc) is 2.67. The second kappa shape index (κ2) is 9.76. The van der Waals surface area contributed by atoms with Gasteiger partial charge in [-0.3, -0.25) is 9.59 Å². The third kappa shape index (κ3) is 6.47. The SMILES string of the molecule is CC(C)c1ccc(S(=O)(=O)NCCC(=O)O[C@H](C)C(=O)c2ccc(F)cc2)cc1. The number of ketones is 1. The molecule has 156 valence electrons. The number of Topliss-reactive ketones (excluding diaryl/α,β-unsaturated/α-hetero) is 1. The van der Waals surface area contributed by atoms with Gasteiger partial charge in [0.1, 0.15) is 5.82 Å². The van der Waals surface area contributed by atoms with E-state index in [1.165, 1.54) is 31.2 Å². The minimum atomic E-state index is -3.75. The summed E-state index contributed by atoms with van der Waals surface area (Å²) >= 11 is 0. The van der Waals surface area contributed by atoms with Gasteiger partial charge in [-0.25, -0.2) is 17.5 Å². The number of halogens is 1. The zero-order chi connectivity index (χ0) is 21.6. The first-order valence-corrected chi connectivity index (χ1v) is 10.7. The molecule has 0 fully saturated rings. The highest BCUT2D eigenvalue weighted by molar-refractivity contribution is 7.89. The van der Waals surface area contributed by atoms with Crippen molar-refractivity contribution in [3.8, 4) is 0 Å². The molecule has 0 unspecified atom stereocenters. The van der Waals surface area contributed by atoms with Crippen molar-refractivity contribution in [1.29, 1.82) is 0 Å². The van der Waals surface area contributed by atoms with Crippen LogP contribution < -0.4 is 4.72 Å². The maximum atomic E-state index is 12.9. The van der Waals surface area contributed by atoms with Gasteiger partial charge in [-0.15, -0.1) is 0 Å². The number of nitrogens with one attached hydrogen (secondary N) is 1. The van der Waals surface area contributed by atoms with Crippen LogP contribution in [0.25, 0.3) is 0 Å². The number of carbonyl (C=O) groups is 2. The van der Waals surface area contributed by atoms with Crippen molar-refractivity contribution in [2.45, 2.75) is 44.1 Å². The van der Waals surface area contributed by atoms with E-state index in [0.717, 1.165) is 17.7 Å². The lowest BCUT2D eigenvalue weighted by Gasteiger charge is -2.13. The van der Waals surface area contributed by atoms with Crippen molar-refractivity contribution < 1.29 is 27.1 Å². The Morgan fingerprint density at radius 3 is 2.14 bits per heavy atom. The second-order valence-electron chi connectivity index (χ2n) is 6.87. The number of sulfonamides is 1. The first-order valence-electron chi connectivity index (χ1n) is 9.19. The Morgan fingerprint density at radius 1 is 1.00 bits per heavy atom. The van der Waals surface area contributed by atoms with Gasteiger partial charge in [0, 0.05) is 12.1 Å². The van der Waals surface area contributed by atoms with Crippen LogP contribution in [-0.2, 0) is 19.6 Å². The van der Waals surface area contributed by atoms with E-state index in [0.29, 0.717) is 0 Å². The highest BCUT2D eigenvalue weighted by Crippen LogP contribution is 2.17. The second-order valence-corrected chi connectivity index (χ2v) is 8.64. The highest BCUT2D eigenvalue weighted by atomic mass is 32.2. The highest BCUT2D eigenvalue weighted by Gasteiger charge is 2.20. The van der Waals surface area contributed by atoms with Crippen LogP contribution in [0.4, 0.5) is 4.39 Å². The molecule has 29 heavy (non-hydrogen) atoms. The van der Waals surface area contributed by atoms with Gasteiger partial charge in [-0.2, -0.15) is 0 Å². The number of rotatable bonds is 9. The molecule has 0 heterocycles. The lowest BCUT2D eigenvalue weighted by molar-refractivity contribution is -0.146. The number of hydrogen-bond acceptors (Lipinski definition) is 5.